The highest BCUT2D eigenvalue weighted by atomic mass is 15.0. The summed E-state index contributed by atoms with van der Waals surface area (Å²) in [6, 6.07) is 79.2. The number of fused-ring (bicyclic) bond motifs is 12. The van der Waals surface area contributed by atoms with Crippen LogP contribution < -0.4 is 0 Å². The Hall–Kier alpha value is -10.6. The standard InChI is InChI=1S/C64H34N8/c65-35-49-47(33-61(69-53-25-9-1-17-39(53)40-18-2-10-26-54(40)69)51(37-67)63(49)71-57-29-13-5-21-43(57)44-22-6-14-30-58(44)71)48-34-62(70-55-27-11-3-19-41(55)42-20-4-12-28-56(42)70)52(38-68)64(50(48)36-66)72-59-31-15-7-23-45(59)46-24-8-16-32-60(46)72/h1-34H. The van der Waals surface area contributed by atoms with Crippen LogP contribution in [0.15, 0.2) is 206 Å². The third kappa shape index (κ3) is 5.41. The quantitative estimate of drug-likeness (QED) is 0.171. The average Bonchev–Trinajstić information content (AvgIpc) is 4.17. The molecule has 14 aromatic rings. The maximum Gasteiger partial charge on any atom is 0.104 e. The molecule has 4 heterocycles. The van der Waals surface area contributed by atoms with E-state index in [1.807, 2.05) is 143 Å². The normalized spacial score (nSPS) is 11.6. The first kappa shape index (κ1) is 40.4. The fraction of sp³-hybridized carbons (Fsp3) is 0. The number of hydrogen-bond acceptors (Lipinski definition) is 4. The lowest BCUT2D eigenvalue weighted by Crippen LogP contribution is -2.11. The molecular weight excluding hydrogens is 881 g/mol. The second kappa shape index (κ2) is 15.4. The first-order valence-electron chi connectivity index (χ1n) is 23.6. The van der Waals surface area contributed by atoms with Crippen molar-refractivity contribution in [2.24, 2.45) is 0 Å². The van der Waals surface area contributed by atoms with Crippen molar-refractivity contribution in [2.45, 2.75) is 0 Å². The highest BCUT2D eigenvalue weighted by Gasteiger charge is 2.31. The molecule has 0 atom stereocenters. The Balaban J connectivity index is 1.24. The van der Waals surface area contributed by atoms with Crippen LogP contribution in [-0.4, -0.2) is 18.3 Å². The summed E-state index contributed by atoms with van der Waals surface area (Å²) in [5.74, 6) is 0. The summed E-state index contributed by atoms with van der Waals surface area (Å²) in [6.45, 7) is 0. The zero-order valence-electron chi connectivity index (χ0n) is 38.2. The van der Waals surface area contributed by atoms with Gasteiger partial charge in [0, 0.05) is 54.2 Å². The van der Waals surface area contributed by atoms with E-state index in [-0.39, 0.29) is 22.3 Å². The molecule has 4 aromatic heterocycles. The molecule has 14 rings (SSSR count). The molecule has 0 unspecified atom stereocenters. The molecule has 0 radical (unpaired) electrons. The number of nitriles is 4. The molecule has 0 bridgehead atoms. The monoisotopic (exact) mass is 914 g/mol. The van der Waals surface area contributed by atoms with Gasteiger partial charge in [0.2, 0.25) is 0 Å². The van der Waals surface area contributed by atoms with Gasteiger partial charge in [-0.15, -0.1) is 0 Å². The van der Waals surface area contributed by atoms with Gasteiger partial charge >= 0.3 is 0 Å². The van der Waals surface area contributed by atoms with Gasteiger partial charge in [0.1, 0.15) is 35.4 Å². The third-order valence-corrected chi connectivity index (χ3v) is 14.5. The van der Waals surface area contributed by atoms with E-state index < -0.39 is 0 Å². The SMILES string of the molecule is N#Cc1c(-c2cc(-n3c4ccccc4c4ccccc43)c(C#N)c(-n3c4ccccc4c4ccccc43)c2C#N)cc(-n2c3ccccc3c3ccccc32)c(C#N)c1-n1c2ccccc2c2ccccc21. The summed E-state index contributed by atoms with van der Waals surface area (Å²) in [5.41, 5.74) is 10.4. The molecule has 0 aliphatic heterocycles. The van der Waals surface area contributed by atoms with Crippen molar-refractivity contribution in [2.75, 3.05) is 0 Å². The highest BCUT2D eigenvalue weighted by molar-refractivity contribution is 6.14. The number of aromatic nitrogens is 4. The van der Waals surface area contributed by atoms with E-state index in [1.165, 1.54) is 0 Å². The van der Waals surface area contributed by atoms with Crippen molar-refractivity contribution in [3.8, 4) is 58.2 Å². The van der Waals surface area contributed by atoms with Gasteiger partial charge in [-0.25, -0.2) is 0 Å². The van der Waals surface area contributed by atoms with Crippen LogP contribution in [0.1, 0.15) is 22.3 Å². The minimum atomic E-state index is 0.199. The van der Waals surface area contributed by atoms with Crippen molar-refractivity contribution in [3.63, 3.8) is 0 Å². The number of nitrogens with zero attached hydrogens (tertiary/aromatic N) is 8. The summed E-state index contributed by atoms with van der Waals surface area (Å²) in [6.07, 6.45) is 0. The molecule has 0 saturated heterocycles. The number of benzene rings is 10. The van der Waals surface area contributed by atoms with Gasteiger partial charge in [0.05, 0.1) is 78.0 Å². The first-order chi connectivity index (χ1) is 35.6. The molecule has 0 spiro atoms. The minimum absolute atomic E-state index is 0.199. The van der Waals surface area contributed by atoms with Crippen LogP contribution in [0.5, 0.6) is 0 Å². The molecule has 0 saturated carbocycles. The molecular formula is C64H34N8. The fourth-order valence-electron chi connectivity index (χ4n) is 11.7. The zero-order chi connectivity index (χ0) is 48.2. The minimum Gasteiger partial charge on any atom is -0.308 e. The van der Waals surface area contributed by atoms with Crippen LogP contribution in [0.3, 0.4) is 0 Å². The summed E-state index contributed by atoms with van der Waals surface area (Å²) < 4.78 is 8.31. The summed E-state index contributed by atoms with van der Waals surface area (Å²) >= 11 is 0. The fourth-order valence-corrected chi connectivity index (χ4v) is 11.7. The van der Waals surface area contributed by atoms with Gasteiger partial charge in [-0.05, 0) is 60.7 Å². The van der Waals surface area contributed by atoms with Crippen molar-refractivity contribution >= 4 is 87.2 Å². The molecule has 8 nitrogen and oxygen atoms in total. The van der Waals surface area contributed by atoms with E-state index in [4.69, 9.17) is 0 Å². The molecule has 330 valence electrons. The van der Waals surface area contributed by atoms with Gasteiger partial charge in [-0.3, -0.25) is 0 Å². The Morgan fingerprint density at radius 3 is 0.639 bits per heavy atom. The van der Waals surface area contributed by atoms with E-state index in [1.54, 1.807) is 0 Å². The van der Waals surface area contributed by atoms with Gasteiger partial charge in [-0.2, -0.15) is 21.0 Å². The molecule has 0 aliphatic carbocycles. The van der Waals surface area contributed by atoms with Gasteiger partial charge in [0.25, 0.3) is 0 Å². The lowest BCUT2D eigenvalue weighted by Gasteiger charge is -2.23. The maximum atomic E-state index is 12.0. The number of para-hydroxylation sites is 8. The third-order valence-electron chi connectivity index (χ3n) is 14.5. The Bertz CT molecular complexity index is 4350. The molecule has 0 fully saturated rings. The molecule has 0 N–H and O–H groups in total. The number of hydrogen-bond donors (Lipinski definition) is 0. The van der Waals surface area contributed by atoms with Crippen molar-refractivity contribution in [1.82, 2.24) is 18.3 Å². The van der Waals surface area contributed by atoms with Gasteiger partial charge in [-0.1, -0.05) is 146 Å². The van der Waals surface area contributed by atoms with Crippen molar-refractivity contribution < 1.29 is 0 Å². The van der Waals surface area contributed by atoms with Crippen molar-refractivity contribution in [1.29, 1.82) is 21.0 Å². The lowest BCUT2D eigenvalue weighted by molar-refractivity contribution is 1.10. The van der Waals surface area contributed by atoms with E-state index in [0.717, 1.165) is 87.2 Å². The van der Waals surface area contributed by atoms with Gasteiger partial charge < -0.3 is 18.3 Å². The Morgan fingerprint density at radius 2 is 0.431 bits per heavy atom. The van der Waals surface area contributed by atoms with E-state index in [9.17, 15) is 21.0 Å². The number of rotatable bonds is 5. The van der Waals surface area contributed by atoms with Crippen LogP contribution >= 0.6 is 0 Å². The second-order valence-corrected chi connectivity index (χ2v) is 18.0. The van der Waals surface area contributed by atoms with Gasteiger partial charge in [0.15, 0.2) is 0 Å². The average molecular weight is 915 g/mol. The van der Waals surface area contributed by atoms with E-state index in [2.05, 4.69) is 106 Å². The van der Waals surface area contributed by atoms with Crippen LogP contribution in [0.25, 0.3) is 121 Å². The van der Waals surface area contributed by atoms with Crippen LogP contribution in [0, 0.1) is 45.3 Å². The maximum absolute atomic E-state index is 12.0. The van der Waals surface area contributed by atoms with Crippen molar-refractivity contribution in [3.05, 3.63) is 229 Å². The summed E-state index contributed by atoms with van der Waals surface area (Å²) in [7, 11) is 0. The predicted molar refractivity (Wildman–Crippen MR) is 288 cm³/mol. The molecule has 0 aliphatic rings. The van der Waals surface area contributed by atoms with E-state index in [0.29, 0.717) is 33.9 Å². The zero-order valence-corrected chi connectivity index (χ0v) is 38.2. The first-order valence-corrected chi connectivity index (χ1v) is 23.6. The lowest BCUT2D eigenvalue weighted by atomic mass is 9.88. The molecule has 0 amide bonds. The van der Waals surface area contributed by atoms with Crippen LogP contribution in [0.2, 0.25) is 0 Å². The largest absolute Gasteiger partial charge is 0.308 e. The Labute approximate surface area is 411 Å². The molecule has 10 aromatic carbocycles. The Morgan fingerprint density at radius 1 is 0.236 bits per heavy atom. The topological polar surface area (TPSA) is 115 Å². The van der Waals surface area contributed by atoms with Crippen LogP contribution in [-0.2, 0) is 0 Å². The van der Waals surface area contributed by atoms with Crippen LogP contribution in [0.4, 0.5) is 0 Å². The second-order valence-electron chi connectivity index (χ2n) is 18.0. The molecule has 8 heteroatoms. The Kier molecular flexibility index (Phi) is 8.67. The predicted octanol–water partition coefficient (Wildman–Crippen LogP) is 15.2. The van der Waals surface area contributed by atoms with E-state index >= 15 is 0 Å². The summed E-state index contributed by atoms with van der Waals surface area (Å²) in [5, 5.41) is 55.4. The summed E-state index contributed by atoms with van der Waals surface area (Å²) in [4.78, 5) is 0. The smallest absolute Gasteiger partial charge is 0.104 e. The molecule has 72 heavy (non-hydrogen) atoms. The highest BCUT2D eigenvalue weighted by Crippen LogP contribution is 2.47.